The number of nitrogens with one attached hydrogen (secondary N) is 1. The Hall–Kier alpha value is -1.76. The molecular formula is C14H15ClN2O3S. The Bertz CT molecular complexity index is 748. The first kappa shape index (κ1) is 15.6. The topological polar surface area (TPSA) is 81.4 Å². The van der Waals surface area contributed by atoms with Gasteiger partial charge < -0.3 is 10.1 Å². The van der Waals surface area contributed by atoms with E-state index in [-0.39, 0.29) is 4.90 Å². The summed E-state index contributed by atoms with van der Waals surface area (Å²) >= 11 is 6.08. The Kier molecular flexibility index (Phi) is 4.72. The van der Waals surface area contributed by atoms with E-state index in [1.165, 1.54) is 19.2 Å². The number of anilines is 1. The number of methoxy groups -OCH3 is 1. The first-order chi connectivity index (χ1) is 9.91. The molecule has 0 aliphatic rings. The molecule has 0 aromatic heterocycles. The predicted octanol–water partition coefficient (Wildman–Crippen LogP) is 2.61. The molecule has 0 aliphatic heterocycles. The number of benzene rings is 2. The predicted molar refractivity (Wildman–Crippen MR) is 83.1 cm³/mol. The lowest BCUT2D eigenvalue weighted by Gasteiger charge is -2.13. The van der Waals surface area contributed by atoms with Gasteiger partial charge in [-0.1, -0.05) is 29.8 Å². The van der Waals surface area contributed by atoms with E-state index in [2.05, 4.69) is 5.32 Å². The van der Waals surface area contributed by atoms with E-state index in [1.54, 1.807) is 12.1 Å². The van der Waals surface area contributed by atoms with Crippen LogP contribution >= 0.6 is 11.6 Å². The molecule has 3 N–H and O–H groups in total. The van der Waals surface area contributed by atoms with Gasteiger partial charge in [0.1, 0.15) is 5.75 Å². The summed E-state index contributed by atoms with van der Waals surface area (Å²) < 4.78 is 28.0. The summed E-state index contributed by atoms with van der Waals surface area (Å²) in [6.45, 7) is 0.435. The molecule has 2 aromatic rings. The van der Waals surface area contributed by atoms with Crippen LogP contribution in [0.4, 0.5) is 5.69 Å². The number of sulfonamides is 1. The lowest BCUT2D eigenvalue weighted by molar-refractivity contribution is 0.416. The number of primary sulfonamides is 1. The van der Waals surface area contributed by atoms with Gasteiger partial charge in [0.2, 0.25) is 10.0 Å². The first-order valence-corrected chi connectivity index (χ1v) is 8.02. The average molecular weight is 327 g/mol. The minimum Gasteiger partial charge on any atom is -0.495 e. The molecule has 2 rings (SSSR count). The van der Waals surface area contributed by atoms with Crippen molar-refractivity contribution in [3.8, 4) is 5.75 Å². The van der Waals surface area contributed by atoms with Crippen LogP contribution in [-0.2, 0) is 16.6 Å². The van der Waals surface area contributed by atoms with E-state index in [4.69, 9.17) is 21.5 Å². The molecule has 0 amide bonds. The van der Waals surface area contributed by atoms with E-state index >= 15 is 0 Å². The first-order valence-electron chi connectivity index (χ1n) is 6.10. The molecule has 0 saturated carbocycles. The van der Waals surface area contributed by atoms with Crippen molar-refractivity contribution >= 4 is 27.3 Å². The smallest absolute Gasteiger partial charge is 0.238 e. The highest BCUT2D eigenvalue weighted by Crippen LogP contribution is 2.28. The molecule has 0 aliphatic carbocycles. The Balaban J connectivity index is 2.28. The molecular weight excluding hydrogens is 312 g/mol. The standard InChI is InChI=1S/C14H15ClN2O3S/c1-20-14-7-6-11(21(16,18)19)8-13(14)17-9-10-4-2-3-5-12(10)15/h2-8,17H,9H2,1H3,(H2,16,18,19). The number of halogens is 1. The summed E-state index contributed by atoms with van der Waals surface area (Å²) in [4.78, 5) is 0.0185. The number of ether oxygens (including phenoxy) is 1. The third kappa shape index (κ3) is 3.87. The molecule has 112 valence electrons. The summed E-state index contributed by atoms with van der Waals surface area (Å²) in [7, 11) is -2.26. The lowest BCUT2D eigenvalue weighted by Crippen LogP contribution is -2.13. The minimum atomic E-state index is -3.76. The molecule has 2 aromatic carbocycles. The van der Waals surface area contributed by atoms with Gasteiger partial charge in [-0.15, -0.1) is 0 Å². The molecule has 0 bridgehead atoms. The quantitative estimate of drug-likeness (QED) is 0.885. The van der Waals surface area contributed by atoms with E-state index in [9.17, 15) is 8.42 Å². The Morgan fingerprint density at radius 2 is 1.95 bits per heavy atom. The number of hydrogen-bond donors (Lipinski definition) is 2. The SMILES string of the molecule is COc1ccc(S(N)(=O)=O)cc1NCc1ccccc1Cl. The molecule has 0 atom stereocenters. The largest absolute Gasteiger partial charge is 0.495 e. The Morgan fingerprint density at radius 1 is 1.24 bits per heavy atom. The molecule has 0 radical (unpaired) electrons. The van der Waals surface area contributed by atoms with Gasteiger partial charge in [-0.3, -0.25) is 0 Å². The van der Waals surface area contributed by atoms with Crippen LogP contribution in [-0.4, -0.2) is 15.5 Å². The van der Waals surface area contributed by atoms with Crippen LogP contribution in [0, 0.1) is 0 Å². The van der Waals surface area contributed by atoms with Crippen LogP contribution in [0.15, 0.2) is 47.4 Å². The molecule has 0 fully saturated rings. The second-order valence-corrected chi connectivity index (χ2v) is 6.32. The van der Waals surface area contributed by atoms with Gasteiger partial charge in [0.05, 0.1) is 17.7 Å². The van der Waals surface area contributed by atoms with Crippen molar-refractivity contribution in [1.82, 2.24) is 0 Å². The molecule has 0 saturated heterocycles. The zero-order valence-electron chi connectivity index (χ0n) is 11.3. The van der Waals surface area contributed by atoms with Gasteiger partial charge >= 0.3 is 0 Å². The minimum absolute atomic E-state index is 0.0185. The summed E-state index contributed by atoms with van der Waals surface area (Å²) in [6, 6.07) is 11.8. The van der Waals surface area contributed by atoms with Crippen molar-refractivity contribution in [3.05, 3.63) is 53.1 Å². The third-order valence-electron chi connectivity index (χ3n) is 2.93. The summed E-state index contributed by atoms with van der Waals surface area (Å²) in [6.07, 6.45) is 0. The van der Waals surface area contributed by atoms with Crippen LogP contribution in [0.5, 0.6) is 5.75 Å². The monoisotopic (exact) mass is 326 g/mol. The van der Waals surface area contributed by atoms with Crippen molar-refractivity contribution in [3.63, 3.8) is 0 Å². The summed E-state index contributed by atoms with van der Waals surface area (Å²) in [5, 5.41) is 8.87. The van der Waals surface area contributed by atoms with Crippen molar-refractivity contribution in [2.75, 3.05) is 12.4 Å². The van der Waals surface area contributed by atoms with Crippen LogP contribution in [0.25, 0.3) is 0 Å². The maximum absolute atomic E-state index is 11.4. The van der Waals surface area contributed by atoms with E-state index in [1.807, 2.05) is 18.2 Å². The fourth-order valence-electron chi connectivity index (χ4n) is 1.83. The fourth-order valence-corrected chi connectivity index (χ4v) is 2.58. The number of nitrogens with two attached hydrogens (primary N) is 1. The number of hydrogen-bond acceptors (Lipinski definition) is 4. The highest BCUT2D eigenvalue weighted by atomic mass is 35.5. The molecule has 7 heteroatoms. The van der Waals surface area contributed by atoms with Crippen LogP contribution in [0.1, 0.15) is 5.56 Å². The van der Waals surface area contributed by atoms with Gasteiger partial charge in [0.25, 0.3) is 0 Å². The second kappa shape index (κ2) is 6.34. The lowest BCUT2D eigenvalue weighted by atomic mass is 10.2. The van der Waals surface area contributed by atoms with Crippen molar-refractivity contribution in [2.45, 2.75) is 11.4 Å². The van der Waals surface area contributed by atoms with Gasteiger partial charge in [-0.25, -0.2) is 13.6 Å². The summed E-state index contributed by atoms with van der Waals surface area (Å²) in [5.74, 6) is 0.523. The second-order valence-electron chi connectivity index (χ2n) is 4.35. The molecule has 0 unspecified atom stereocenters. The van der Waals surface area contributed by atoms with Crippen LogP contribution in [0.2, 0.25) is 5.02 Å². The van der Waals surface area contributed by atoms with Gasteiger partial charge in [-0.05, 0) is 29.8 Å². The van der Waals surface area contributed by atoms with Crippen LogP contribution < -0.4 is 15.2 Å². The molecule has 21 heavy (non-hydrogen) atoms. The maximum Gasteiger partial charge on any atom is 0.238 e. The van der Waals surface area contributed by atoms with E-state index in [0.29, 0.717) is 23.0 Å². The van der Waals surface area contributed by atoms with Crippen molar-refractivity contribution < 1.29 is 13.2 Å². The van der Waals surface area contributed by atoms with Gasteiger partial charge in [-0.2, -0.15) is 0 Å². The molecule has 5 nitrogen and oxygen atoms in total. The van der Waals surface area contributed by atoms with Crippen molar-refractivity contribution in [1.29, 1.82) is 0 Å². The Labute approximate surface area is 128 Å². The maximum atomic E-state index is 11.4. The van der Waals surface area contributed by atoms with E-state index in [0.717, 1.165) is 5.56 Å². The average Bonchev–Trinajstić information content (AvgIpc) is 2.45. The third-order valence-corrected chi connectivity index (χ3v) is 4.21. The van der Waals surface area contributed by atoms with Crippen LogP contribution in [0.3, 0.4) is 0 Å². The van der Waals surface area contributed by atoms with Crippen molar-refractivity contribution in [2.24, 2.45) is 5.14 Å². The highest BCUT2D eigenvalue weighted by molar-refractivity contribution is 7.89. The zero-order valence-corrected chi connectivity index (χ0v) is 12.9. The normalized spacial score (nSPS) is 11.2. The Morgan fingerprint density at radius 3 is 2.57 bits per heavy atom. The molecule has 0 spiro atoms. The number of rotatable bonds is 5. The van der Waals surface area contributed by atoms with E-state index < -0.39 is 10.0 Å². The molecule has 0 heterocycles. The van der Waals surface area contributed by atoms with Gasteiger partial charge in [0, 0.05) is 11.6 Å². The highest BCUT2D eigenvalue weighted by Gasteiger charge is 2.12. The summed E-state index contributed by atoms with van der Waals surface area (Å²) in [5.41, 5.74) is 1.42. The van der Waals surface area contributed by atoms with Gasteiger partial charge in [0.15, 0.2) is 0 Å². The fraction of sp³-hybridized carbons (Fsp3) is 0.143. The zero-order chi connectivity index (χ0) is 15.5.